The van der Waals surface area contributed by atoms with Crippen molar-refractivity contribution in [2.75, 3.05) is 12.8 Å². The molecule has 132 valence electrons. The zero-order chi connectivity index (χ0) is 17.3. The highest BCUT2D eigenvalue weighted by atomic mass is 32.2. The number of benzene rings is 1. The lowest BCUT2D eigenvalue weighted by atomic mass is 9.87. The van der Waals surface area contributed by atoms with Crippen molar-refractivity contribution in [3.63, 3.8) is 0 Å². The third-order valence-electron chi connectivity index (χ3n) is 5.55. The molecule has 4 heteroatoms. The molecule has 0 radical (unpaired) electrons. The number of thioether (sulfide) groups is 1. The van der Waals surface area contributed by atoms with Crippen LogP contribution in [0.15, 0.2) is 29.2 Å². The maximum atomic E-state index is 12.3. The standard InChI is InChI=1S/C20H30N2OS/c1-20(2,3)14-5-9-18(10-6-14)24-13-19(23)21-15-11-16-7-8-17(12-15)22(16)4/h5-6,9-10,15-17H,7-8,11-13H2,1-4H3,(H,21,23)/t15?,16-,17+. The van der Waals surface area contributed by atoms with Crippen LogP contribution in [-0.2, 0) is 10.2 Å². The minimum absolute atomic E-state index is 0.175. The monoisotopic (exact) mass is 346 g/mol. The molecule has 3 atom stereocenters. The third kappa shape index (κ3) is 4.15. The van der Waals surface area contributed by atoms with Crippen molar-refractivity contribution in [2.24, 2.45) is 0 Å². The lowest BCUT2D eigenvalue weighted by Crippen LogP contribution is -2.49. The molecule has 3 nitrogen and oxygen atoms in total. The Bertz CT molecular complexity index is 564. The van der Waals surface area contributed by atoms with Gasteiger partial charge in [-0.25, -0.2) is 0 Å². The Balaban J connectivity index is 1.46. The topological polar surface area (TPSA) is 32.3 Å². The molecule has 2 heterocycles. The summed E-state index contributed by atoms with van der Waals surface area (Å²) >= 11 is 1.63. The molecule has 0 spiro atoms. The summed E-state index contributed by atoms with van der Waals surface area (Å²) < 4.78 is 0. The number of hydrogen-bond acceptors (Lipinski definition) is 3. The molecular weight excluding hydrogens is 316 g/mol. The maximum absolute atomic E-state index is 12.3. The van der Waals surface area contributed by atoms with Crippen LogP contribution in [0, 0.1) is 0 Å². The molecule has 3 rings (SSSR count). The van der Waals surface area contributed by atoms with Crippen molar-refractivity contribution in [1.29, 1.82) is 0 Å². The van der Waals surface area contributed by atoms with E-state index in [2.05, 4.69) is 62.3 Å². The molecule has 2 saturated heterocycles. The number of rotatable bonds is 4. The van der Waals surface area contributed by atoms with Crippen LogP contribution in [0.25, 0.3) is 0 Å². The number of hydrogen-bond donors (Lipinski definition) is 1. The second kappa shape index (κ2) is 7.09. The van der Waals surface area contributed by atoms with E-state index < -0.39 is 0 Å². The molecule has 2 bridgehead atoms. The van der Waals surface area contributed by atoms with Gasteiger partial charge in [-0.2, -0.15) is 0 Å². The molecular formula is C20H30N2OS. The third-order valence-corrected chi connectivity index (χ3v) is 6.57. The lowest BCUT2D eigenvalue weighted by Gasteiger charge is -2.36. The first-order valence-corrected chi connectivity index (χ1v) is 10.1. The fraction of sp³-hybridized carbons (Fsp3) is 0.650. The number of piperidine rings is 1. The van der Waals surface area contributed by atoms with Crippen LogP contribution in [0.4, 0.5) is 0 Å². The zero-order valence-corrected chi connectivity index (χ0v) is 16.2. The van der Waals surface area contributed by atoms with Crippen LogP contribution < -0.4 is 5.32 Å². The van der Waals surface area contributed by atoms with Crippen molar-refractivity contribution in [2.45, 2.75) is 74.9 Å². The molecule has 2 aliphatic heterocycles. The maximum Gasteiger partial charge on any atom is 0.230 e. The highest BCUT2D eigenvalue weighted by molar-refractivity contribution is 8.00. The van der Waals surface area contributed by atoms with Gasteiger partial charge in [-0.15, -0.1) is 11.8 Å². The summed E-state index contributed by atoms with van der Waals surface area (Å²) in [6, 6.07) is 10.3. The smallest absolute Gasteiger partial charge is 0.230 e. The normalized spacial score (nSPS) is 27.2. The Morgan fingerprint density at radius 3 is 2.29 bits per heavy atom. The Labute approximate surface area is 150 Å². The van der Waals surface area contributed by atoms with Gasteiger partial charge in [-0.3, -0.25) is 4.79 Å². The van der Waals surface area contributed by atoms with Gasteiger partial charge < -0.3 is 10.2 Å². The van der Waals surface area contributed by atoms with Crippen molar-refractivity contribution in [3.8, 4) is 0 Å². The molecule has 1 unspecified atom stereocenters. The van der Waals surface area contributed by atoms with Crippen LogP contribution in [0.2, 0.25) is 0 Å². The molecule has 24 heavy (non-hydrogen) atoms. The van der Waals surface area contributed by atoms with Crippen LogP contribution in [-0.4, -0.2) is 41.7 Å². The minimum Gasteiger partial charge on any atom is -0.353 e. The molecule has 0 aliphatic carbocycles. The quantitative estimate of drug-likeness (QED) is 0.841. The minimum atomic E-state index is 0.175. The Morgan fingerprint density at radius 1 is 1.17 bits per heavy atom. The predicted octanol–water partition coefficient (Wildman–Crippen LogP) is 3.82. The number of amides is 1. The first-order valence-electron chi connectivity index (χ1n) is 9.07. The van der Waals surface area contributed by atoms with E-state index in [1.54, 1.807) is 11.8 Å². The van der Waals surface area contributed by atoms with E-state index in [4.69, 9.17) is 0 Å². The van der Waals surface area contributed by atoms with Gasteiger partial charge in [0.1, 0.15) is 0 Å². The average Bonchev–Trinajstić information content (AvgIpc) is 2.74. The van der Waals surface area contributed by atoms with Gasteiger partial charge in [0.2, 0.25) is 5.91 Å². The van der Waals surface area contributed by atoms with Crippen LogP contribution >= 0.6 is 11.8 Å². The second-order valence-electron chi connectivity index (χ2n) is 8.35. The second-order valence-corrected chi connectivity index (χ2v) is 9.40. The highest BCUT2D eigenvalue weighted by Crippen LogP contribution is 2.34. The fourth-order valence-corrected chi connectivity index (χ4v) is 4.71. The van der Waals surface area contributed by atoms with Gasteiger partial charge in [0, 0.05) is 23.0 Å². The Hall–Kier alpha value is -1.00. The SMILES string of the molecule is CN1[C@@H]2CC[C@H]1CC(NC(=O)CSc1ccc(C(C)(C)C)cc1)C2. The van der Waals surface area contributed by atoms with Gasteiger partial charge >= 0.3 is 0 Å². The summed E-state index contributed by atoms with van der Waals surface area (Å²) in [4.78, 5) is 16.0. The number of carbonyl (C=O) groups is 1. The van der Waals surface area contributed by atoms with Gasteiger partial charge in [0.15, 0.2) is 0 Å². The van der Waals surface area contributed by atoms with Gasteiger partial charge in [-0.1, -0.05) is 32.9 Å². The van der Waals surface area contributed by atoms with Gasteiger partial charge in [0.25, 0.3) is 0 Å². The van der Waals surface area contributed by atoms with E-state index in [1.807, 2.05) is 0 Å². The Kier molecular flexibility index (Phi) is 5.26. The summed E-state index contributed by atoms with van der Waals surface area (Å²) in [5, 5.41) is 3.26. The van der Waals surface area contributed by atoms with Crippen LogP contribution in [0.3, 0.4) is 0 Å². The lowest BCUT2D eigenvalue weighted by molar-refractivity contribution is -0.119. The van der Waals surface area contributed by atoms with Gasteiger partial charge in [-0.05, 0) is 55.8 Å². The predicted molar refractivity (Wildman–Crippen MR) is 102 cm³/mol. The molecule has 2 aliphatic rings. The van der Waals surface area contributed by atoms with Crippen molar-refractivity contribution in [3.05, 3.63) is 29.8 Å². The Morgan fingerprint density at radius 2 is 1.75 bits per heavy atom. The van der Waals surface area contributed by atoms with E-state index in [9.17, 15) is 4.79 Å². The number of nitrogens with one attached hydrogen (secondary N) is 1. The van der Waals surface area contributed by atoms with E-state index in [0.29, 0.717) is 23.9 Å². The first kappa shape index (κ1) is 17.8. The van der Waals surface area contributed by atoms with E-state index >= 15 is 0 Å². The highest BCUT2D eigenvalue weighted by Gasteiger charge is 2.38. The number of nitrogens with zero attached hydrogens (tertiary/aromatic N) is 1. The zero-order valence-electron chi connectivity index (χ0n) is 15.3. The van der Waals surface area contributed by atoms with Crippen molar-refractivity contribution in [1.82, 2.24) is 10.2 Å². The molecule has 0 saturated carbocycles. The van der Waals surface area contributed by atoms with Crippen molar-refractivity contribution >= 4 is 17.7 Å². The molecule has 1 aromatic rings. The first-order chi connectivity index (χ1) is 11.3. The van der Waals surface area contributed by atoms with Gasteiger partial charge in [0.05, 0.1) is 5.75 Å². The summed E-state index contributed by atoms with van der Waals surface area (Å²) in [6.07, 6.45) is 4.82. The van der Waals surface area contributed by atoms with Crippen LogP contribution in [0.5, 0.6) is 0 Å². The molecule has 1 aromatic carbocycles. The van der Waals surface area contributed by atoms with Crippen LogP contribution in [0.1, 0.15) is 52.0 Å². The summed E-state index contributed by atoms with van der Waals surface area (Å²) in [7, 11) is 2.23. The largest absolute Gasteiger partial charge is 0.353 e. The molecule has 2 fully saturated rings. The summed E-state index contributed by atoms with van der Waals surface area (Å²) in [6.45, 7) is 6.66. The van der Waals surface area contributed by atoms with E-state index in [1.165, 1.54) is 23.3 Å². The van der Waals surface area contributed by atoms with E-state index in [0.717, 1.165) is 12.8 Å². The molecule has 0 aromatic heterocycles. The molecule has 1 N–H and O–H groups in total. The fourth-order valence-electron chi connectivity index (χ4n) is 4.00. The molecule has 1 amide bonds. The van der Waals surface area contributed by atoms with Crippen molar-refractivity contribution < 1.29 is 4.79 Å². The average molecular weight is 347 g/mol. The summed E-state index contributed by atoms with van der Waals surface area (Å²) in [5.41, 5.74) is 1.51. The number of carbonyl (C=O) groups excluding carboxylic acids is 1. The summed E-state index contributed by atoms with van der Waals surface area (Å²) in [5.74, 6) is 0.685. The van der Waals surface area contributed by atoms with E-state index in [-0.39, 0.29) is 11.3 Å². The number of fused-ring (bicyclic) bond motifs is 2.